The van der Waals surface area contributed by atoms with Crippen LogP contribution >= 0.6 is 0 Å². The molecule has 0 saturated heterocycles. The Morgan fingerprint density at radius 1 is 1.40 bits per heavy atom. The van der Waals surface area contributed by atoms with Crippen LogP contribution in [0.4, 0.5) is 11.4 Å². The number of benzene rings is 1. The monoisotopic (exact) mass is 273 g/mol. The first-order chi connectivity index (χ1) is 9.69. The Kier molecular flexibility index (Phi) is 4.27. The zero-order valence-electron chi connectivity index (χ0n) is 10.9. The average Bonchev–Trinajstić information content (AvgIpc) is 2.45. The van der Waals surface area contributed by atoms with Gasteiger partial charge in [0.15, 0.2) is 0 Å². The minimum atomic E-state index is -0.419. The van der Waals surface area contributed by atoms with Crippen molar-refractivity contribution in [3.8, 4) is 0 Å². The van der Waals surface area contributed by atoms with Crippen molar-refractivity contribution in [1.82, 2.24) is 4.98 Å². The third kappa shape index (κ3) is 2.60. The molecule has 0 spiro atoms. The van der Waals surface area contributed by atoms with Crippen molar-refractivity contribution in [3.05, 3.63) is 53.4 Å². The number of nitrogens with zero attached hydrogens (tertiary/aromatic N) is 3. The number of aromatic nitrogens is 1. The SMILES string of the molecule is C=CCN(CCO)c1ccc([N+](=O)[O-])c2cnccc12. The molecular formula is C14H15N3O3. The van der Waals surface area contributed by atoms with Crippen LogP contribution in [0.5, 0.6) is 0 Å². The Morgan fingerprint density at radius 3 is 2.85 bits per heavy atom. The maximum Gasteiger partial charge on any atom is 0.278 e. The molecule has 1 aromatic carbocycles. The van der Waals surface area contributed by atoms with E-state index in [2.05, 4.69) is 11.6 Å². The van der Waals surface area contributed by atoms with Crippen molar-refractivity contribution in [3.63, 3.8) is 0 Å². The van der Waals surface area contributed by atoms with E-state index in [1.807, 2.05) is 4.90 Å². The molecular weight excluding hydrogens is 258 g/mol. The van der Waals surface area contributed by atoms with E-state index in [-0.39, 0.29) is 12.3 Å². The maximum atomic E-state index is 11.1. The molecule has 0 atom stereocenters. The first-order valence-electron chi connectivity index (χ1n) is 6.17. The van der Waals surface area contributed by atoms with Crippen LogP contribution in [0.3, 0.4) is 0 Å². The molecule has 0 amide bonds. The fraction of sp³-hybridized carbons (Fsp3) is 0.214. The summed E-state index contributed by atoms with van der Waals surface area (Å²) < 4.78 is 0. The number of rotatable bonds is 6. The highest BCUT2D eigenvalue weighted by Gasteiger charge is 2.16. The molecule has 2 aromatic rings. The van der Waals surface area contributed by atoms with Gasteiger partial charge in [0.25, 0.3) is 5.69 Å². The molecule has 1 heterocycles. The third-order valence-electron chi connectivity index (χ3n) is 3.03. The van der Waals surface area contributed by atoms with Gasteiger partial charge >= 0.3 is 0 Å². The second-order valence-corrected chi connectivity index (χ2v) is 4.24. The molecule has 0 fully saturated rings. The highest BCUT2D eigenvalue weighted by molar-refractivity contribution is 5.99. The highest BCUT2D eigenvalue weighted by atomic mass is 16.6. The Balaban J connectivity index is 2.62. The van der Waals surface area contributed by atoms with Crippen LogP contribution in [0.1, 0.15) is 0 Å². The lowest BCUT2D eigenvalue weighted by molar-refractivity contribution is -0.383. The summed E-state index contributed by atoms with van der Waals surface area (Å²) in [6.07, 6.45) is 4.81. The second kappa shape index (κ2) is 6.12. The molecule has 0 aliphatic rings. The lowest BCUT2D eigenvalue weighted by Gasteiger charge is -2.23. The summed E-state index contributed by atoms with van der Waals surface area (Å²) >= 11 is 0. The molecule has 20 heavy (non-hydrogen) atoms. The number of hydrogen-bond acceptors (Lipinski definition) is 5. The summed E-state index contributed by atoms with van der Waals surface area (Å²) in [7, 11) is 0. The van der Waals surface area contributed by atoms with Crippen molar-refractivity contribution in [2.75, 3.05) is 24.6 Å². The zero-order chi connectivity index (χ0) is 14.5. The first kappa shape index (κ1) is 14.0. The highest BCUT2D eigenvalue weighted by Crippen LogP contribution is 2.32. The normalized spacial score (nSPS) is 10.4. The van der Waals surface area contributed by atoms with Gasteiger partial charge in [-0.05, 0) is 12.1 Å². The third-order valence-corrected chi connectivity index (χ3v) is 3.03. The Morgan fingerprint density at radius 2 is 2.20 bits per heavy atom. The number of aliphatic hydroxyl groups excluding tert-OH is 1. The Labute approximate surface area is 116 Å². The lowest BCUT2D eigenvalue weighted by Crippen LogP contribution is -2.26. The summed E-state index contributed by atoms with van der Waals surface area (Å²) in [5.41, 5.74) is 0.848. The van der Waals surface area contributed by atoms with Crippen molar-refractivity contribution < 1.29 is 10.0 Å². The average molecular weight is 273 g/mol. The van der Waals surface area contributed by atoms with Gasteiger partial charge in [-0.2, -0.15) is 0 Å². The molecule has 104 valence electrons. The number of non-ortho nitro benzene ring substituents is 1. The van der Waals surface area contributed by atoms with Crippen LogP contribution in [-0.2, 0) is 0 Å². The maximum absolute atomic E-state index is 11.1. The predicted octanol–water partition coefficient (Wildman–Crippen LogP) is 2.13. The Hall–Kier alpha value is -2.47. The molecule has 0 bridgehead atoms. The van der Waals surface area contributed by atoms with E-state index >= 15 is 0 Å². The summed E-state index contributed by atoms with van der Waals surface area (Å²) in [5, 5.41) is 21.4. The van der Waals surface area contributed by atoms with Crippen LogP contribution in [0, 0.1) is 10.1 Å². The number of nitro benzene ring substituents is 1. The van der Waals surface area contributed by atoms with Crippen molar-refractivity contribution in [2.45, 2.75) is 0 Å². The number of nitro groups is 1. The van der Waals surface area contributed by atoms with Crippen LogP contribution in [0.25, 0.3) is 10.8 Å². The van der Waals surface area contributed by atoms with Crippen molar-refractivity contribution in [2.24, 2.45) is 0 Å². The fourth-order valence-electron chi connectivity index (χ4n) is 2.18. The molecule has 0 saturated carbocycles. The lowest BCUT2D eigenvalue weighted by atomic mass is 10.1. The summed E-state index contributed by atoms with van der Waals surface area (Å²) in [6, 6.07) is 4.90. The van der Waals surface area contributed by atoms with Gasteiger partial charge in [0.1, 0.15) is 0 Å². The van der Waals surface area contributed by atoms with Crippen molar-refractivity contribution in [1.29, 1.82) is 0 Å². The minimum Gasteiger partial charge on any atom is -0.395 e. The van der Waals surface area contributed by atoms with Crippen LogP contribution < -0.4 is 4.90 Å². The molecule has 1 aromatic heterocycles. The van der Waals surface area contributed by atoms with Gasteiger partial charge in [0, 0.05) is 42.6 Å². The number of aliphatic hydroxyl groups is 1. The molecule has 0 radical (unpaired) electrons. The van der Waals surface area contributed by atoms with Crippen molar-refractivity contribution >= 4 is 22.1 Å². The quantitative estimate of drug-likeness (QED) is 0.495. The van der Waals surface area contributed by atoms with E-state index in [9.17, 15) is 10.1 Å². The van der Waals surface area contributed by atoms with E-state index < -0.39 is 4.92 Å². The fourth-order valence-corrected chi connectivity index (χ4v) is 2.18. The molecule has 2 rings (SSSR count). The number of fused-ring (bicyclic) bond motifs is 1. The minimum absolute atomic E-state index is 0.00257. The Bertz CT molecular complexity index is 643. The van der Waals surface area contributed by atoms with Gasteiger partial charge < -0.3 is 10.0 Å². The standard InChI is InChI=1S/C14H15N3O3/c1-2-7-16(8-9-18)13-3-4-14(17(19)20)12-10-15-6-5-11(12)13/h2-6,10,18H,1,7-9H2. The van der Waals surface area contributed by atoms with Gasteiger partial charge in [0.2, 0.25) is 0 Å². The van der Waals surface area contributed by atoms with E-state index in [1.165, 1.54) is 12.3 Å². The van der Waals surface area contributed by atoms with Gasteiger partial charge in [-0.3, -0.25) is 15.1 Å². The molecule has 6 heteroatoms. The largest absolute Gasteiger partial charge is 0.395 e. The zero-order valence-corrected chi connectivity index (χ0v) is 10.9. The van der Waals surface area contributed by atoms with Crippen LogP contribution in [0.2, 0.25) is 0 Å². The van der Waals surface area contributed by atoms with E-state index in [1.54, 1.807) is 24.4 Å². The molecule has 0 aliphatic heterocycles. The molecule has 6 nitrogen and oxygen atoms in total. The number of hydrogen-bond donors (Lipinski definition) is 1. The van der Waals surface area contributed by atoms with Gasteiger partial charge in [-0.25, -0.2) is 0 Å². The summed E-state index contributed by atoms with van der Waals surface area (Å²) in [6.45, 7) is 4.67. The molecule has 1 N–H and O–H groups in total. The number of anilines is 1. The summed E-state index contributed by atoms with van der Waals surface area (Å²) in [4.78, 5) is 16.5. The van der Waals surface area contributed by atoms with E-state index in [0.717, 1.165) is 11.1 Å². The van der Waals surface area contributed by atoms with E-state index in [0.29, 0.717) is 18.5 Å². The first-order valence-corrected chi connectivity index (χ1v) is 6.17. The molecule has 0 aliphatic carbocycles. The number of pyridine rings is 1. The second-order valence-electron chi connectivity index (χ2n) is 4.24. The molecule has 0 unspecified atom stereocenters. The van der Waals surface area contributed by atoms with Crippen LogP contribution in [-0.4, -0.2) is 34.7 Å². The summed E-state index contributed by atoms with van der Waals surface area (Å²) in [5.74, 6) is 0. The van der Waals surface area contributed by atoms with Gasteiger partial charge in [-0.1, -0.05) is 6.08 Å². The predicted molar refractivity (Wildman–Crippen MR) is 77.9 cm³/mol. The van der Waals surface area contributed by atoms with Crippen LogP contribution in [0.15, 0.2) is 43.2 Å². The van der Waals surface area contributed by atoms with Gasteiger partial charge in [-0.15, -0.1) is 6.58 Å². The topological polar surface area (TPSA) is 79.5 Å². The smallest absolute Gasteiger partial charge is 0.278 e. The van der Waals surface area contributed by atoms with Gasteiger partial charge in [0.05, 0.1) is 16.9 Å². The van der Waals surface area contributed by atoms with E-state index in [4.69, 9.17) is 5.11 Å².